The zero-order chi connectivity index (χ0) is 22.6. The van der Waals surface area contributed by atoms with Crippen LogP contribution in [0.25, 0.3) is 0 Å². The molecule has 1 unspecified atom stereocenters. The van der Waals surface area contributed by atoms with E-state index >= 15 is 0 Å². The average molecular weight is 456 g/mol. The van der Waals surface area contributed by atoms with Crippen LogP contribution in [0, 0.1) is 0 Å². The van der Waals surface area contributed by atoms with E-state index in [4.69, 9.17) is 16.3 Å². The second kappa shape index (κ2) is 10.2. The molecule has 1 atom stereocenters. The molecule has 172 valence electrons. The van der Waals surface area contributed by atoms with Gasteiger partial charge >= 0.3 is 0 Å². The molecule has 0 aliphatic carbocycles. The second-order valence-electron chi connectivity index (χ2n) is 9.63. The van der Waals surface area contributed by atoms with Gasteiger partial charge in [-0.2, -0.15) is 0 Å². The molecule has 2 aromatic rings. The number of piperidine rings is 1. The van der Waals surface area contributed by atoms with Crippen LogP contribution in [0.5, 0.6) is 0 Å². The summed E-state index contributed by atoms with van der Waals surface area (Å²) in [5, 5.41) is 7.50. The highest BCUT2D eigenvalue weighted by Gasteiger charge is 2.30. The molecule has 0 aromatic heterocycles. The van der Waals surface area contributed by atoms with Gasteiger partial charge in [0.05, 0.1) is 12.0 Å². The zero-order valence-electron chi connectivity index (χ0n) is 19.1. The van der Waals surface area contributed by atoms with Crippen molar-refractivity contribution in [1.82, 2.24) is 5.32 Å². The Morgan fingerprint density at radius 2 is 1.84 bits per heavy atom. The number of halogens is 1. The van der Waals surface area contributed by atoms with E-state index in [1.807, 2.05) is 36.4 Å². The summed E-state index contributed by atoms with van der Waals surface area (Å²) >= 11 is 6.00. The Morgan fingerprint density at radius 3 is 2.53 bits per heavy atom. The highest BCUT2D eigenvalue weighted by Crippen LogP contribution is 2.26. The van der Waals surface area contributed by atoms with Gasteiger partial charge in [0, 0.05) is 48.2 Å². The van der Waals surface area contributed by atoms with Crippen LogP contribution in [-0.2, 0) is 16.0 Å². The molecule has 1 amide bonds. The Balaban J connectivity index is 1.23. The van der Waals surface area contributed by atoms with Gasteiger partial charge in [0.2, 0.25) is 5.91 Å². The van der Waals surface area contributed by atoms with Crippen molar-refractivity contribution in [3.05, 3.63) is 59.1 Å². The number of anilines is 2. The standard InChI is InChI=1S/C26H34ClN3O2/c1-26(2)18-23(12-15-32-26)28-22-10-13-30(14-11-22)24-8-6-21(7-9-24)29-25(31)17-19-4-3-5-20(27)16-19/h3-9,16,22-23,28H,10-15,17-18H2,1-2H3,(H,29,31). The molecule has 5 nitrogen and oxygen atoms in total. The van der Waals surface area contributed by atoms with Gasteiger partial charge in [0.1, 0.15) is 0 Å². The van der Waals surface area contributed by atoms with E-state index in [2.05, 4.69) is 41.5 Å². The first kappa shape index (κ1) is 23.1. The summed E-state index contributed by atoms with van der Waals surface area (Å²) in [7, 11) is 0. The molecule has 32 heavy (non-hydrogen) atoms. The molecule has 2 heterocycles. The normalized spacial score (nSPS) is 21.3. The Kier molecular flexibility index (Phi) is 7.39. The monoisotopic (exact) mass is 455 g/mol. The molecule has 0 spiro atoms. The lowest BCUT2D eigenvalue weighted by molar-refractivity contribution is -0.115. The van der Waals surface area contributed by atoms with Crippen molar-refractivity contribution >= 4 is 28.9 Å². The van der Waals surface area contributed by atoms with Gasteiger partial charge in [-0.3, -0.25) is 4.79 Å². The number of benzene rings is 2. The van der Waals surface area contributed by atoms with Crippen LogP contribution in [0.2, 0.25) is 5.02 Å². The summed E-state index contributed by atoms with van der Waals surface area (Å²) in [4.78, 5) is 14.8. The Bertz CT molecular complexity index is 908. The van der Waals surface area contributed by atoms with Gasteiger partial charge in [0.25, 0.3) is 0 Å². The smallest absolute Gasteiger partial charge is 0.228 e. The molecule has 2 aromatic carbocycles. The van der Waals surface area contributed by atoms with Crippen LogP contribution >= 0.6 is 11.6 Å². The Hall–Kier alpha value is -2.08. The van der Waals surface area contributed by atoms with E-state index < -0.39 is 0 Å². The van der Waals surface area contributed by atoms with E-state index in [-0.39, 0.29) is 11.5 Å². The largest absolute Gasteiger partial charge is 0.375 e. The first-order chi connectivity index (χ1) is 15.4. The van der Waals surface area contributed by atoms with Crippen molar-refractivity contribution in [3.8, 4) is 0 Å². The number of ether oxygens (including phenoxy) is 1. The highest BCUT2D eigenvalue weighted by atomic mass is 35.5. The van der Waals surface area contributed by atoms with Gasteiger partial charge in [-0.05, 0) is 81.5 Å². The number of rotatable bonds is 6. The van der Waals surface area contributed by atoms with E-state index in [9.17, 15) is 4.79 Å². The number of carbonyl (C=O) groups excluding carboxylic acids is 1. The molecule has 4 rings (SSSR count). The zero-order valence-corrected chi connectivity index (χ0v) is 19.8. The topological polar surface area (TPSA) is 53.6 Å². The minimum absolute atomic E-state index is 0.0120. The quantitative estimate of drug-likeness (QED) is 0.640. The van der Waals surface area contributed by atoms with Crippen molar-refractivity contribution in [2.45, 2.75) is 63.6 Å². The number of hydrogen-bond acceptors (Lipinski definition) is 4. The number of hydrogen-bond donors (Lipinski definition) is 2. The van der Waals surface area contributed by atoms with Crippen LogP contribution < -0.4 is 15.5 Å². The number of nitrogens with one attached hydrogen (secondary N) is 2. The Morgan fingerprint density at radius 1 is 1.09 bits per heavy atom. The molecular weight excluding hydrogens is 422 g/mol. The van der Waals surface area contributed by atoms with E-state index in [1.54, 1.807) is 0 Å². The highest BCUT2D eigenvalue weighted by molar-refractivity contribution is 6.30. The van der Waals surface area contributed by atoms with Crippen molar-refractivity contribution < 1.29 is 9.53 Å². The molecular formula is C26H34ClN3O2. The second-order valence-corrected chi connectivity index (χ2v) is 10.1. The first-order valence-electron chi connectivity index (χ1n) is 11.7. The molecule has 0 bridgehead atoms. The molecule has 0 saturated carbocycles. The molecule has 2 fully saturated rings. The maximum absolute atomic E-state index is 12.3. The number of carbonyl (C=O) groups is 1. The van der Waals surface area contributed by atoms with Gasteiger partial charge in [-0.1, -0.05) is 23.7 Å². The van der Waals surface area contributed by atoms with Gasteiger partial charge < -0.3 is 20.3 Å². The lowest BCUT2D eigenvalue weighted by atomic mass is 9.92. The fraction of sp³-hybridized carbons (Fsp3) is 0.500. The van der Waals surface area contributed by atoms with Gasteiger partial charge in [0.15, 0.2) is 0 Å². The summed E-state index contributed by atoms with van der Waals surface area (Å²) in [6, 6.07) is 16.7. The summed E-state index contributed by atoms with van der Waals surface area (Å²) in [6.45, 7) is 7.32. The summed E-state index contributed by atoms with van der Waals surface area (Å²) in [6.07, 6.45) is 4.80. The lowest BCUT2D eigenvalue weighted by Gasteiger charge is -2.40. The van der Waals surface area contributed by atoms with E-state index in [1.165, 1.54) is 5.69 Å². The van der Waals surface area contributed by atoms with Crippen LogP contribution in [0.3, 0.4) is 0 Å². The predicted molar refractivity (Wildman–Crippen MR) is 132 cm³/mol. The SMILES string of the molecule is CC1(C)CC(NC2CCN(c3ccc(NC(=O)Cc4cccc(Cl)c4)cc3)CC2)CCO1. The van der Waals surface area contributed by atoms with Crippen LogP contribution in [-0.4, -0.2) is 43.3 Å². The summed E-state index contributed by atoms with van der Waals surface area (Å²) in [5.41, 5.74) is 2.93. The van der Waals surface area contributed by atoms with Gasteiger partial charge in [-0.25, -0.2) is 0 Å². The van der Waals surface area contributed by atoms with E-state index in [0.717, 1.165) is 56.6 Å². The van der Waals surface area contributed by atoms with Crippen LogP contribution in [0.1, 0.15) is 45.1 Å². The molecule has 6 heteroatoms. The third kappa shape index (κ3) is 6.47. The third-order valence-electron chi connectivity index (χ3n) is 6.43. The fourth-order valence-electron chi connectivity index (χ4n) is 4.80. The van der Waals surface area contributed by atoms with Crippen LogP contribution in [0.15, 0.2) is 48.5 Å². The molecule has 2 N–H and O–H groups in total. The minimum atomic E-state index is -0.0387. The third-order valence-corrected chi connectivity index (χ3v) is 6.67. The molecule has 2 saturated heterocycles. The van der Waals surface area contributed by atoms with E-state index in [0.29, 0.717) is 23.5 Å². The van der Waals surface area contributed by atoms with Crippen molar-refractivity contribution in [2.24, 2.45) is 0 Å². The first-order valence-corrected chi connectivity index (χ1v) is 12.0. The fourth-order valence-corrected chi connectivity index (χ4v) is 5.02. The summed E-state index contributed by atoms with van der Waals surface area (Å²) < 4.78 is 5.85. The van der Waals surface area contributed by atoms with Crippen molar-refractivity contribution in [2.75, 3.05) is 29.9 Å². The molecule has 2 aliphatic heterocycles. The maximum atomic E-state index is 12.3. The number of nitrogens with zero attached hydrogens (tertiary/aromatic N) is 1. The Labute approximate surface area is 196 Å². The maximum Gasteiger partial charge on any atom is 0.228 e. The minimum Gasteiger partial charge on any atom is -0.375 e. The number of amides is 1. The lowest BCUT2D eigenvalue weighted by Crippen LogP contribution is -2.50. The molecule has 0 radical (unpaired) electrons. The van der Waals surface area contributed by atoms with Gasteiger partial charge in [-0.15, -0.1) is 0 Å². The summed E-state index contributed by atoms with van der Waals surface area (Å²) in [5.74, 6) is -0.0387. The van der Waals surface area contributed by atoms with Crippen molar-refractivity contribution in [3.63, 3.8) is 0 Å². The predicted octanol–water partition coefficient (Wildman–Crippen LogP) is 5.04. The molecule has 2 aliphatic rings. The average Bonchev–Trinajstić information content (AvgIpc) is 2.74. The van der Waals surface area contributed by atoms with Crippen molar-refractivity contribution in [1.29, 1.82) is 0 Å². The van der Waals surface area contributed by atoms with Crippen LogP contribution in [0.4, 0.5) is 11.4 Å².